The predicted molar refractivity (Wildman–Crippen MR) is 62.3 cm³/mol. The molecule has 0 aliphatic heterocycles. The van der Waals surface area contributed by atoms with Crippen LogP contribution in [-0.2, 0) is 6.54 Å². The van der Waals surface area contributed by atoms with Crippen LogP contribution >= 0.6 is 11.6 Å². The average Bonchev–Trinajstić information content (AvgIpc) is 2.68. The van der Waals surface area contributed by atoms with E-state index in [1.54, 1.807) is 18.6 Å². The molecule has 16 heavy (non-hydrogen) atoms. The van der Waals surface area contributed by atoms with Crippen LogP contribution < -0.4 is 10.6 Å². The number of nitrogen functional groups attached to an aromatic ring is 1. The van der Waals surface area contributed by atoms with Gasteiger partial charge in [0.1, 0.15) is 11.0 Å². The fourth-order valence-electron chi connectivity index (χ4n) is 1.36. The number of nitrogens with two attached hydrogens (primary N) is 1. The molecule has 2 aromatic rings. The Balaban J connectivity index is 2.17. The lowest BCUT2D eigenvalue weighted by molar-refractivity contribution is 0.563. The summed E-state index contributed by atoms with van der Waals surface area (Å²) in [6.07, 6.45) is 3.31. The van der Waals surface area contributed by atoms with Crippen LogP contribution in [0.5, 0.6) is 0 Å². The van der Waals surface area contributed by atoms with Crippen molar-refractivity contribution in [2.24, 2.45) is 0 Å². The van der Waals surface area contributed by atoms with E-state index in [-0.39, 0.29) is 5.95 Å². The van der Waals surface area contributed by atoms with Gasteiger partial charge in [0.25, 0.3) is 0 Å². The van der Waals surface area contributed by atoms with Gasteiger partial charge in [-0.05, 0) is 6.07 Å². The van der Waals surface area contributed by atoms with Gasteiger partial charge >= 0.3 is 0 Å². The van der Waals surface area contributed by atoms with Gasteiger partial charge in [0.05, 0.1) is 12.5 Å². The van der Waals surface area contributed by atoms with E-state index in [0.717, 1.165) is 5.56 Å². The van der Waals surface area contributed by atoms with Crippen molar-refractivity contribution in [2.75, 3.05) is 17.7 Å². The molecule has 5 nitrogen and oxygen atoms in total. The van der Waals surface area contributed by atoms with Crippen molar-refractivity contribution >= 4 is 23.4 Å². The summed E-state index contributed by atoms with van der Waals surface area (Å²) in [6.45, 7) is 0.670. The second-order valence-electron chi connectivity index (χ2n) is 3.39. The van der Waals surface area contributed by atoms with Crippen molar-refractivity contribution in [3.63, 3.8) is 0 Å². The molecular weight excluding hydrogens is 228 g/mol. The summed E-state index contributed by atoms with van der Waals surface area (Å²) < 4.78 is 4.99. The molecule has 0 aliphatic carbocycles. The number of hydrogen-bond donors (Lipinski definition) is 1. The maximum absolute atomic E-state index is 5.80. The molecule has 0 aromatic carbocycles. The first-order valence-corrected chi connectivity index (χ1v) is 5.05. The predicted octanol–water partition coefficient (Wildman–Crippen LogP) is 1.94. The zero-order valence-corrected chi connectivity index (χ0v) is 9.48. The monoisotopic (exact) mass is 238 g/mol. The van der Waals surface area contributed by atoms with Crippen molar-refractivity contribution in [3.8, 4) is 0 Å². The van der Waals surface area contributed by atoms with E-state index < -0.39 is 0 Å². The summed E-state index contributed by atoms with van der Waals surface area (Å²) in [4.78, 5) is 9.80. The molecule has 0 bridgehead atoms. The van der Waals surface area contributed by atoms with E-state index in [1.807, 2.05) is 18.0 Å². The van der Waals surface area contributed by atoms with Crippen molar-refractivity contribution in [3.05, 3.63) is 35.4 Å². The van der Waals surface area contributed by atoms with Crippen LogP contribution in [0.1, 0.15) is 5.56 Å². The minimum Gasteiger partial charge on any atom is -0.472 e. The third kappa shape index (κ3) is 2.43. The summed E-state index contributed by atoms with van der Waals surface area (Å²) >= 11 is 5.80. The Bertz CT molecular complexity index is 451. The number of nitrogens with zero attached hydrogens (tertiary/aromatic N) is 3. The Morgan fingerprint density at radius 2 is 2.31 bits per heavy atom. The maximum Gasteiger partial charge on any atom is 0.223 e. The van der Waals surface area contributed by atoms with Gasteiger partial charge in [-0.2, -0.15) is 4.98 Å². The minimum atomic E-state index is 0.168. The van der Waals surface area contributed by atoms with Crippen LogP contribution in [0.15, 0.2) is 29.1 Å². The van der Waals surface area contributed by atoms with E-state index in [1.165, 1.54) is 0 Å². The molecule has 84 valence electrons. The van der Waals surface area contributed by atoms with Gasteiger partial charge in [-0.1, -0.05) is 11.6 Å². The van der Waals surface area contributed by atoms with Crippen LogP contribution in [0, 0.1) is 0 Å². The molecule has 0 atom stereocenters. The molecule has 0 fully saturated rings. The van der Waals surface area contributed by atoms with Gasteiger partial charge in [-0.25, -0.2) is 4.98 Å². The molecule has 0 unspecified atom stereocenters. The number of hydrogen-bond acceptors (Lipinski definition) is 5. The summed E-state index contributed by atoms with van der Waals surface area (Å²) in [7, 11) is 1.89. The first-order chi connectivity index (χ1) is 7.65. The number of anilines is 2. The topological polar surface area (TPSA) is 68.2 Å². The molecule has 2 N–H and O–H groups in total. The SMILES string of the molecule is CN(Cc1ccoc1)c1cc(Cl)nc(N)n1. The fourth-order valence-corrected chi connectivity index (χ4v) is 1.54. The molecule has 2 aromatic heterocycles. The average molecular weight is 239 g/mol. The van der Waals surface area contributed by atoms with Crippen LogP contribution in [0.4, 0.5) is 11.8 Å². The molecule has 0 spiro atoms. The first kappa shape index (κ1) is 10.8. The van der Waals surface area contributed by atoms with E-state index in [4.69, 9.17) is 21.8 Å². The van der Waals surface area contributed by atoms with Crippen LogP contribution in [0.3, 0.4) is 0 Å². The van der Waals surface area contributed by atoms with E-state index >= 15 is 0 Å². The van der Waals surface area contributed by atoms with E-state index in [0.29, 0.717) is 17.5 Å². The number of rotatable bonds is 3. The van der Waals surface area contributed by atoms with Gasteiger partial charge in [-0.3, -0.25) is 0 Å². The second-order valence-corrected chi connectivity index (χ2v) is 3.78. The first-order valence-electron chi connectivity index (χ1n) is 4.67. The number of aromatic nitrogens is 2. The van der Waals surface area contributed by atoms with Crippen LogP contribution in [-0.4, -0.2) is 17.0 Å². The smallest absolute Gasteiger partial charge is 0.223 e. The molecule has 2 heterocycles. The zero-order valence-electron chi connectivity index (χ0n) is 8.72. The van der Waals surface area contributed by atoms with Gasteiger partial charge in [0, 0.05) is 25.2 Å². The Kier molecular flexibility index (Phi) is 2.96. The molecule has 2 rings (SSSR count). The largest absolute Gasteiger partial charge is 0.472 e. The summed E-state index contributed by atoms with van der Waals surface area (Å²) in [6, 6.07) is 3.56. The van der Waals surface area contributed by atoms with Gasteiger partial charge < -0.3 is 15.1 Å². The molecule has 6 heteroatoms. The Morgan fingerprint density at radius 3 is 2.94 bits per heavy atom. The third-order valence-corrected chi connectivity index (χ3v) is 2.28. The molecule has 0 saturated heterocycles. The summed E-state index contributed by atoms with van der Waals surface area (Å²) in [5.41, 5.74) is 6.57. The Hall–Kier alpha value is -1.75. The van der Waals surface area contributed by atoms with E-state index in [9.17, 15) is 0 Å². The molecule has 0 aliphatic rings. The number of furan rings is 1. The highest BCUT2D eigenvalue weighted by Gasteiger charge is 2.07. The lowest BCUT2D eigenvalue weighted by atomic mass is 10.3. The molecular formula is C10H11ClN4O. The fraction of sp³-hybridized carbons (Fsp3) is 0.200. The van der Waals surface area contributed by atoms with Crippen molar-refractivity contribution in [1.82, 2.24) is 9.97 Å². The highest BCUT2D eigenvalue weighted by molar-refractivity contribution is 6.29. The lowest BCUT2D eigenvalue weighted by Gasteiger charge is -2.17. The minimum absolute atomic E-state index is 0.168. The van der Waals surface area contributed by atoms with Gasteiger partial charge in [-0.15, -0.1) is 0 Å². The zero-order chi connectivity index (χ0) is 11.5. The quantitative estimate of drug-likeness (QED) is 0.828. The molecule has 0 saturated carbocycles. The Labute approximate surface area is 97.9 Å². The summed E-state index contributed by atoms with van der Waals surface area (Å²) in [5.74, 6) is 0.847. The Morgan fingerprint density at radius 1 is 1.50 bits per heavy atom. The molecule has 0 radical (unpaired) electrons. The van der Waals surface area contributed by atoms with Crippen molar-refractivity contribution in [2.45, 2.75) is 6.54 Å². The highest BCUT2D eigenvalue weighted by atomic mass is 35.5. The van der Waals surface area contributed by atoms with Gasteiger partial charge in [0.2, 0.25) is 5.95 Å². The summed E-state index contributed by atoms with van der Waals surface area (Å²) in [5, 5.41) is 0.335. The lowest BCUT2D eigenvalue weighted by Crippen LogP contribution is -2.18. The standard InChI is InChI=1S/C10H11ClN4O/c1-15(5-7-2-3-16-6-7)9-4-8(11)13-10(12)14-9/h2-4,6H,5H2,1H3,(H2,12,13,14). The van der Waals surface area contributed by atoms with Crippen LogP contribution in [0.25, 0.3) is 0 Å². The normalized spacial score (nSPS) is 10.4. The third-order valence-electron chi connectivity index (χ3n) is 2.09. The second kappa shape index (κ2) is 4.40. The molecule has 0 amide bonds. The van der Waals surface area contributed by atoms with Crippen LogP contribution in [0.2, 0.25) is 5.15 Å². The van der Waals surface area contributed by atoms with Crippen molar-refractivity contribution in [1.29, 1.82) is 0 Å². The van der Waals surface area contributed by atoms with Crippen molar-refractivity contribution < 1.29 is 4.42 Å². The van der Waals surface area contributed by atoms with Gasteiger partial charge in [0.15, 0.2) is 0 Å². The number of halogens is 1. The highest BCUT2D eigenvalue weighted by Crippen LogP contribution is 2.17. The van der Waals surface area contributed by atoms with E-state index in [2.05, 4.69) is 9.97 Å². The maximum atomic E-state index is 5.80.